The van der Waals surface area contributed by atoms with Gasteiger partial charge >= 0.3 is 11.9 Å². The molecule has 31 heavy (non-hydrogen) atoms. The summed E-state index contributed by atoms with van der Waals surface area (Å²) in [5.41, 5.74) is 2.63. The Balaban J connectivity index is 1.65. The molecule has 158 valence electrons. The average Bonchev–Trinajstić information content (AvgIpc) is 2.78. The highest BCUT2D eigenvalue weighted by Crippen LogP contribution is 2.26. The molecule has 0 aliphatic heterocycles. The van der Waals surface area contributed by atoms with E-state index in [0.717, 1.165) is 5.69 Å². The van der Waals surface area contributed by atoms with E-state index in [1.54, 1.807) is 24.3 Å². The Hall–Kier alpha value is -4.20. The number of hydrogen-bond acceptors (Lipinski definition) is 8. The van der Waals surface area contributed by atoms with Crippen LogP contribution in [0.25, 0.3) is 0 Å². The fraction of sp³-hybridized carbons (Fsp3) is 0.130. The van der Waals surface area contributed by atoms with Crippen LogP contribution in [-0.2, 0) is 4.74 Å². The molecule has 0 atom stereocenters. The molecular formula is C23H21N3O5. The van der Waals surface area contributed by atoms with Crippen LogP contribution >= 0.6 is 0 Å². The summed E-state index contributed by atoms with van der Waals surface area (Å²) >= 11 is 0. The van der Waals surface area contributed by atoms with Crippen molar-refractivity contribution in [2.45, 2.75) is 0 Å². The zero-order valence-electron chi connectivity index (χ0n) is 17.3. The molecular weight excluding hydrogens is 398 g/mol. The van der Waals surface area contributed by atoms with Crippen molar-refractivity contribution < 1.29 is 24.2 Å². The maximum atomic E-state index is 12.3. The lowest BCUT2D eigenvalue weighted by Gasteiger charge is -2.11. The average molecular weight is 419 g/mol. The first-order valence-corrected chi connectivity index (χ1v) is 9.30. The van der Waals surface area contributed by atoms with Gasteiger partial charge in [0.2, 0.25) is 0 Å². The largest absolute Gasteiger partial charge is 0.507 e. The molecule has 0 aromatic heterocycles. The van der Waals surface area contributed by atoms with Crippen molar-refractivity contribution in [3.05, 3.63) is 77.9 Å². The highest BCUT2D eigenvalue weighted by Gasteiger charge is 2.14. The number of phenols is 1. The summed E-state index contributed by atoms with van der Waals surface area (Å²) < 4.78 is 9.80. The standard InChI is InChI=1S/C23H21N3O5/c1-26(2)18-10-8-17(9-11-18)25-24-16-6-4-15(5-7-16)22(28)31-19-12-13-20(21(27)14-19)23(29)30-3/h4-14,27H,1-3H3/b25-24+. The van der Waals surface area contributed by atoms with Gasteiger partial charge in [0.15, 0.2) is 0 Å². The van der Waals surface area contributed by atoms with Gasteiger partial charge in [-0.25, -0.2) is 9.59 Å². The van der Waals surface area contributed by atoms with Gasteiger partial charge in [-0.3, -0.25) is 0 Å². The van der Waals surface area contributed by atoms with E-state index in [1.807, 2.05) is 43.3 Å². The van der Waals surface area contributed by atoms with Crippen molar-refractivity contribution >= 4 is 29.0 Å². The van der Waals surface area contributed by atoms with E-state index in [2.05, 4.69) is 15.0 Å². The number of anilines is 1. The molecule has 0 fully saturated rings. The van der Waals surface area contributed by atoms with E-state index in [9.17, 15) is 14.7 Å². The molecule has 8 nitrogen and oxygen atoms in total. The van der Waals surface area contributed by atoms with Crippen molar-refractivity contribution in [2.75, 3.05) is 26.1 Å². The Labute approximate surface area is 179 Å². The molecule has 3 aromatic carbocycles. The molecule has 1 N–H and O–H groups in total. The van der Waals surface area contributed by atoms with Crippen molar-refractivity contribution in [2.24, 2.45) is 10.2 Å². The molecule has 0 radical (unpaired) electrons. The smallest absolute Gasteiger partial charge is 0.343 e. The van der Waals surface area contributed by atoms with Gasteiger partial charge in [-0.05, 0) is 60.7 Å². The Kier molecular flexibility index (Phi) is 6.61. The number of phenolic OH excluding ortho intramolecular Hbond substituents is 1. The maximum Gasteiger partial charge on any atom is 0.343 e. The summed E-state index contributed by atoms with van der Waals surface area (Å²) in [5.74, 6) is -1.55. The summed E-state index contributed by atoms with van der Waals surface area (Å²) in [6, 6.07) is 17.9. The second-order valence-electron chi connectivity index (χ2n) is 6.72. The predicted octanol–water partition coefficient (Wildman–Crippen LogP) is 4.88. The van der Waals surface area contributed by atoms with E-state index in [0.29, 0.717) is 16.9 Å². The first kappa shape index (κ1) is 21.5. The zero-order valence-corrected chi connectivity index (χ0v) is 17.3. The summed E-state index contributed by atoms with van der Waals surface area (Å²) in [6.45, 7) is 0. The lowest BCUT2D eigenvalue weighted by atomic mass is 10.2. The molecule has 0 saturated carbocycles. The summed E-state index contributed by atoms with van der Waals surface area (Å²) in [5, 5.41) is 18.2. The van der Waals surface area contributed by atoms with Crippen LogP contribution in [0.4, 0.5) is 17.1 Å². The molecule has 0 spiro atoms. The maximum absolute atomic E-state index is 12.3. The van der Waals surface area contributed by atoms with Gasteiger partial charge in [0.25, 0.3) is 0 Å². The highest BCUT2D eigenvalue weighted by atomic mass is 16.5. The van der Waals surface area contributed by atoms with Crippen molar-refractivity contribution in [1.29, 1.82) is 0 Å². The number of carbonyl (C=O) groups excluding carboxylic acids is 2. The van der Waals surface area contributed by atoms with Gasteiger partial charge in [-0.15, -0.1) is 0 Å². The number of aromatic hydroxyl groups is 1. The number of benzene rings is 3. The van der Waals surface area contributed by atoms with Crippen molar-refractivity contribution in [3.63, 3.8) is 0 Å². The number of carbonyl (C=O) groups is 2. The van der Waals surface area contributed by atoms with Gasteiger partial charge in [0.1, 0.15) is 17.1 Å². The first-order valence-electron chi connectivity index (χ1n) is 9.30. The number of hydrogen-bond donors (Lipinski definition) is 1. The van der Waals surface area contributed by atoms with Gasteiger partial charge in [-0.2, -0.15) is 10.2 Å². The van der Waals surface area contributed by atoms with Gasteiger partial charge in [0.05, 0.1) is 24.0 Å². The topological polar surface area (TPSA) is 101 Å². The molecule has 0 aliphatic rings. The number of methoxy groups -OCH3 is 1. The monoisotopic (exact) mass is 419 g/mol. The van der Waals surface area contributed by atoms with Crippen molar-refractivity contribution in [1.82, 2.24) is 0 Å². The normalized spacial score (nSPS) is 10.7. The van der Waals surface area contributed by atoms with Gasteiger partial charge < -0.3 is 19.5 Å². The van der Waals surface area contributed by atoms with E-state index in [4.69, 9.17) is 4.74 Å². The summed E-state index contributed by atoms with van der Waals surface area (Å²) in [6.07, 6.45) is 0. The Morgan fingerprint density at radius 2 is 1.42 bits per heavy atom. The number of esters is 2. The molecule has 3 aromatic rings. The third-order valence-corrected chi connectivity index (χ3v) is 4.34. The number of ether oxygens (including phenoxy) is 2. The van der Waals surface area contributed by atoms with Crippen LogP contribution in [0.5, 0.6) is 11.5 Å². The van der Waals surface area contributed by atoms with Crippen LogP contribution in [0.15, 0.2) is 77.0 Å². The third-order valence-electron chi connectivity index (χ3n) is 4.34. The number of rotatable bonds is 6. The third kappa shape index (κ3) is 5.45. The van der Waals surface area contributed by atoms with Crippen LogP contribution in [0.2, 0.25) is 0 Å². The SMILES string of the molecule is COC(=O)c1ccc(OC(=O)c2ccc(/N=N/c3ccc(N(C)C)cc3)cc2)cc1O. The highest BCUT2D eigenvalue weighted by molar-refractivity contribution is 5.93. The van der Waals surface area contributed by atoms with Gasteiger partial charge in [0, 0.05) is 25.8 Å². The molecule has 8 heteroatoms. The van der Waals surface area contributed by atoms with Crippen LogP contribution in [0, 0.1) is 0 Å². The molecule has 0 unspecified atom stereocenters. The van der Waals surface area contributed by atoms with Crippen molar-refractivity contribution in [3.8, 4) is 11.5 Å². The second-order valence-corrected chi connectivity index (χ2v) is 6.72. The molecule has 3 rings (SSSR count). The minimum Gasteiger partial charge on any atom is -0.507 e. The van der Waals surface area contributed by atoms with Crippen LogP contribution in [-0.4, -0.2) is 38.3 Å². The van der Waals surface area contributed by atoms with E-state index >= 15 is 0 Å². The zero-order chi connectivity index (χ0) is 22.4. The van der Waals surface area contributed by atoms with Gasteiger partial charge in [-0.1, -0.05) is 0 Å². The molecule has 0 heterocycles. The van der Waals surface area contributed by atoms with Crippen LogP contribution < -0.4 is 9.64 Å². The summed E-state index contributed by atoms with van der Waals surface area (Å²) in [4.78, 5) is 25.8. The Bertz CT molecular complexity index is 1110. The Morgan fingerprint density at radius 1 is 0.839 bits per heavy atom. The predicted molar refractivity (Wildman–Crippen MR) is 116 cm³/mol. The second kappa shape index (κ2) is 9.53. The Morgan fingerprint density at radius 3 is 1.94 bits per heavy atom. The molecule has 0 bridgehead atoms. The first-order chi connectivity index (χ1) is 14.9. The van der Waals surface area contributed by atoms with E-state index in [-0.39, 0.29) is 17.1 Å². The van der Waals surface area contributed by atoms with Crippen LogP contribution in [0.3, 0.4) is 0 Å². The number of azo groups is 1. The lowest BCUT2D eigenvalue weighted by molar-refractivity contribution is 0.0597. The molecule has 0 aliphatic carbocycles. The fourth-order valence-electron chi connectivity index (χ4n) is 2.62. The fourth-order valence-corrected chi connectivity index (χ4v) is 2.62. The minimum absolute atomic E-state index is 0.0200. The lowest BCUT2D eigenvalue weighted by Crippen LogP contribution is -2.08. The van der Waals surface area contributed by atoms with E-state index < -0.39 is 11.9 Å². The minimum atomic E-state index is -0.686. The quantitative estimate of drug-likeness (QED) is 0.347. The van der Waals surface area contributed by atoms with E-state index in [1.165, 1.54) is 25.3 Å². The number of nitrogens with zero attached hydrogens (tertiary/aromatic N) is 3. The van der Waals surface area contributed by atoms with Crippen LogP contribution in [0.1, 0.15) is 20.7 Å². The molecule has 0 amide bonds. The molecule has 0 saturated heterocycles. The summed E-state index contributed by atoms with van der Waals surface area (Å²) in [7, 11) is 5.13.